The largest absolute Gasteiger partial charge is 0.411 e. The van der Waals surface area contributed by atoms with Crippen molar-refractivity contribution >= 4 is 17.3 Å². The summed E-state index contributed by atoms with van der Waals surface area (Å²) < 4.78 is 16.4. The van der Waals surface area contributed by atoms with Gasteiger partial charge in [0, 0.05) is 42.2 Å². The van der Waals surface area contributed by atoms with Crippen molar-refractivity contribution in [3.8, 4) is 17.2 Å². The van der Waals surface area contributed by atoms with Gasteiger partial charge < -0.3 is 9.77 Å². The molecule has 1 unspecified atom stereocenters. The van der Waals surface area contributed by atoms with Gasteiger partial charge in [0.15, 0.2) is 0 Å². The summed E-state index contributed by atoms with van der Waals surface area (Å²) in [6.07, 6.45) is 2.14. The van der Waals surface area contributed by atoms with Crippen LogP contribution < -0.4 is 5.56 Å². The van der Waals surface area contributed by atoms with E-state index in [4.69, 9.17) is 16.9 Å². The molecule has 4 aromatic rings. The van der Waals surface area contributed by atoms with E-state index in [1.807, 2.05) is 48.5 Å². The number of hydrogen-bond donors (Lipinski definition) is 1. The summed E-state index contributed by atoms with van der Waals surface area (Å²) in [7, 11) is 1.61. The third kappa shape index (κ3) is 5.54. The van der Waals surface area contributed by atoms with Crippen LogP contribution in [-0.2, 0) is 13.5 Å². The Morgan fingerprint density at radius 1 is 1.06 bits per heavy atom. The molecule has 0 aliphatic carbocycles. The number of nitrogens with zero attached hydrogens (tertiary/aromatic N) is 3. The number of oxime groups is 1. The van der Waals surface area contributed by atoms with Crippen molar-refractivity contribution in [2.24, 2.45) is 12.2 Å². The third-order valence-electron chi connectivity index (χ3n) is 6.16. The molecule has 0 aliphatic heterocycles. The van der Waals surface area contributed by atoms with Crippen LogP contribution in [0.15, 0.2) is 95.0 Å². The molecule has 1 atom stereocenters. The van der Waals surface area contributed by atoms with E-state index in [0.29, 0.717) is 28.3 Å². The van der Waals surface area contributed by atoms with Crippen molar-refractivity contribution in [3.05, 3.63) is 129 Å². The number of hydrogen-bond acceptors (Lipinski definition) is 4. The lowest BCUT2D eigenvalue weighted by atomic mass is 9.84. The van der Waals surface area contributed by atoms with Crippen LogP contribution in [0.3, 0.4) is 0 Å². The Morgan fingerprint density at radius 3 is 2.31 bits per heavy atom. The lowest BCUT2D eigenvalue weighted by molar-refractivity contribution is 0.317. The van der Waals surface area contributed by atoms with Gasteiger partial charge >= 0.3 is 0 Å². The molecule has 1 aromatic heterocycles. The number of aryl methyl sites for hydroxylation is 1. The van der Waals surface area contributed by atoms with Gasteiger partial charge in [-0.25, -0.2) is 4.39 Å². The Bertz CT molecular complexity index is 1500. The fraction of sp³-hybridized carbons (Fsp3) is 0.138. The van der Waals surface area contributed by atoms with Crippen LogP contribution in [0, 0.1) is 17.1 Å². The van der Waals surface area contributed by atoms with E-state index in [1.54, 1.807) is 31.4 Å². The average molecular weight is 500 g/mol. The van der Waals surface area contributed by atoms with Crippen molar-refractivity contribution in [2.45, 2.75) is 18.8 Å². The maximum Gasteiger partial charge on any atom is 0.250 e. The highest BCUT2D eigenvalue weighted by Gasteiger charge is 2.22. The summed E-state index contributed by atoms with van der Waals surface area (Å²) in [5, 5.41) is 22.5. The number of halogens is 2. The van der Waals surface area contributed by atoms with Crippen molar-refractivity contribution in [2.75, 3.05) is 0 Å². The molecule has 0 radical (unpaired) electrons. The van der Waals surface area contributed by atoms with Crippen LogP contribution in [-0.4, -0.2) is 15.5 Å². The molecule has 180 valence electrons. The molecule has 0 bridgehead atoms. The molecule has 0 aliphatic rings. The Kier molecular flexibility index (Phi) is 7.62. The quantitative estimate of drug-likeness (QED) is 0.184. The molecular formula is C29H23ClFN3O2. The standard InChI is InChI=1S/C29H23ClFN3O2/c1-34-18-23(10-13-29(34)35)28(33-36)17-26(25-12-11-24(30)16-27(25)31)22-8-6-21(7-9-22)20-4-2-19(3-5-20)14-15-32/h2-13,16,18,26,36H,14,17H2,1H3/b33-28+. The number of rotatable bonds is 7. The predicted molar refractivity (Wildman–Crippen MR) is 139 cm³/mol. The van der Waals surface area contributed by atoms with Gasteiger partial charge in [-0.15, -0.1) is 0 Å². The zero-order valence-electron chi connectivity index (χ0n) is 19.5. The van der Waals surface area contributed by atoms with Gasteiger partial charge in [-0.1, -0.05) is 71.4 Å². The number of aromatic nitrogens is 1. The van der Waals surface area contributed by atoms with Crippen LogP contribution in [0.1, 0.15) is 34.6 Å². The first-order chi connectivity index (χ1) is 17.4. The summed E-state index contributed by atoms with van der Waals surface area (Å²) in [5.41, 5.74) is 4.87. The summed E-state index contributed by atoms with van der Waals surface area (Å²) in [6, 6.07) is 25.2. The Balaban J connectivity index is 1.71. The van der Waals surface area contributed by atoms with E-state index in [0.717, 1.165) is 22.3 Å². The third-order valence-corrected chi connectivity index (χ3v) is 6.39. The molecule has 0 spiro atoms. The first kappa shape index (κ1) is 24.9. The van der Waals surface area contributed by atoms with Crippen molar-refractivity contribution in [3.63, 3.8) is 0 Å². The van der Waals surface area contributed by atoms with Gasteiger partial charge in [-0.2, -0.15) is 5.26 Å². The fourth-order valence-corrected chi connectivity index (χ4v) is 4.34. The van der Waals surface area contributed by atoms with Gasteiger partial charge in [0.05, 0.1) is 18.2 Å². The normalized spacial score (nSPS) is 12.2. The van der Waals surface area contributed by atoms with Gasteiger partial charge in [0.2, 0.25) is 5.56 Å². The fourth-order valence-electron chi connectivity index (χ4n) is 4.18. The molecule has 0 fully saturated rings. The van der Waals surface area contributed by atoms with Crippen molar-refractivity contribution < 1.29 is 9.60 Å². The van der Waals surface area contributed by atoms with Gasteiger partial charge in [0.1, 0.15) is 5.82 Å². The van der Waals surface area contributed by atoms with Gasteiger partial charge in [-0.3, -0.25) is 4.79 Å². The van der Waals surface area contributed by atoms with Gasteiger partial charge in [-0.05, 0) is 46.0 Å². The predicted octanol–water partition coefficient (Wildman–Crippen LogP) is 6.31. The maximum absolute atomic E-state index is 15.0. The second-order valence-electron chi connectivity index (χ2n) is 8.49. The number of nitriles is 1. The van der Waals surface area contributed by atoms with Crippen LogP contribution in [0.2, 0.25) is 5.02 Å². The highest BCUT2D eigenvalue weighted by atomic mass is 35.5. The molecule has 36 heavy (non-hydrogen) atoms. The van der Waals surface area contributed by atoms with E-state index in [1.165, 1.54) is 16.7 Å². The molecule has 0 saturated carbocycles. The minimum absolute atomic E-state index is 0.187. The molecule has 3 aromatic carbocycles. The second-order valence-corrected chi connectivity index (χ2v) is 8.93. The highest BCUT2D eigenvalue weighted by Crippen LogP contribution is 2.34. The SMILES string of the molecule is Cn1cc(/C(CC(c2ccc(-c3ccc(CC#N)cc3)cc2)c2ccc(Cl)cc2F)=N/O)ccc1=O. The summed E-state index contributed by atoms with van der Waals surface area (Å²) in [4.78, 5) is 11.8. The Morgan fingerprint density at radius 2 is 1.72 bits per heavy atom. The first-order valence-electron chi connectivity index (χ1n) is 11.3. The molecule has 1 heterocycles. The maximum atomic E-state index is 15.0. The molecular weight excluding hydrogens is 477 g/mol. The van der Waals surface area contributed by atoms with E-state index in [9.17, 15) is 10.0 Å². The number of benzene rings is 3. The Hall–Kier alpha value is -4.21. The van der Waals surface area contributed by atoms with Gasteiger partial charge in [0.25, 0.3) is 0 Å². The minimum Gasteiger partial charge on any atom is -0.411 e. The topological polar surface area (TPSA) is 78.4 Å². The lowest BCUT2D eigenvalue weighted by Gasteiger charge is -2.20. The molecule has 4 rings (SSSR count). The number of pyridine rings is 1. The van der Waals surface area contributed by atoms with Crippen molar-refractivity contribution in [1.82, 2.24) is 4.57 Å². The first-order valence-corrected chi connectivity index (χ1v) is 11.7. The smallest absolute Gasteiger partial charge is 0.250 e. The summed E-state index contributed by atoms with van der Waals surface area (Å²) in [5.74, 6) is -0.931. The van der Waals surface area contributed by atoms with Crippen LogP contribution in [0.25, 0.3) is 11.1 Å². The van der Waals surface area contributed by atoms with Crippen LogP contribution >= 0.6 is 11.6 Å². The lowest BCUT2D eigenvalue weighted by Crippen LogP contribution is -2.18. The summed E-state index contributed by atoms with van der Waals surface area (Å²) >= 11 is 5.99. The molecule has 7 heteroatoms. The van der Waals surface area contributed by atoms with Crippen LogP contribution in [0.5, 0.6) is 0 Å². The zero-order valence-corrected chi connectivity index (χ0v) is 20.3. The molecule has 5 nitrogen and oxygen atoms in total. The zero-order chi connectivity index (χ0) is 25.7. The highest BCUT2D eigenvalue weighted by molar-refractivity contribution is 6.30. The summed E-state index contributed by atoms with van der Waals surface area (Å²) in [6.45, 7) is 0. The minimum atomic E-state index is -0.475. The Labute approximate surface area is 213 Å². The monoisotopic (exact) mass is 499 g/mol. The van der Waals surface area contributed by atoms with E-state index in [-0.39, 0.29) is 12.0 Å². The van der Waals surface area contributed by atoms with E-state index < -0.39 is 11.7 Å². The second kappa shape index (κ2) is 11.0. The van der Waals surface area contributed by atoms with Crippen molar-refractivity contribution in [1.29, 1.82) is 5.26 Å². The van der Waals surface area contributed by atoms with Crippen LogP contribution in [0.4, 0.5) is 4.39 Å². The average Bonchev–Trinajstić information content (AvgIpc) is 2.88. The molecule has 1 N–H and O–H groups in total. The molecule has 0 amide bonds. The molecule has 0 saturated heterocycles. The van der Waals surface area contributed by atoms with E-state index >= 15 is 4.39 Å². The van der Waals surface area contributed by atoms with E-state index in [2.05, 4.69) is 11.2 Å².